The number of hydrogen-bond acceptors (Lipinski definition) is 5. The molecule has 1 aromatic heterocycles. The summed E-state index contributed by atoms with van der Waals surface area (Å²) >= 11 is 0. The standard InChI is InChI=1S/C14H15FN4O/c15-11-6-10(7-17-8-11)13-2-1-5-19(13)12-3-4-14(18-16)20-9-12/h3-4,6-8,13,16H,1-2,5,9H2/t13-/m1/s1. The largest absolute Gasteiger partial charge is 0.470 e. The van der Waals surface area contributed by atoms with E-state index in [1.54, 1.807) is 18.3 Å². The van der Waals surface area contributed by atoms with E-state index in [1.165, 1.54) is 6.20 Å². The molecule has 0 unspecified atom stereocenters. The average Bonchev–Trinajstić information content (AvgIpc) is 2.97. The van der Waals surface area contributed by atoms with Crippen LogP contribution in [-0.4, -0.2) is 23.0 Å². The van der Waals surface area contributed by atoms with E-state index in [-0.39, 0.29) is 11.9 Å². The number of ether oxygens (including phenoxy) is 1. The van der Waals surface area contributed by atoms with Crippen LogP contribution in [0.5, 0.6) is 0 Å². The fourth-order valence-corrected chi connectivity index (χ4v) is 2.73. The monoisotopic (exact) mass is 274 g/mol. The van der Waals surface area contributed by atoms with Gasteiger partial charge in [0.05, 0.1) is 17.9 Å². The molecular formula is C14H15FN4O. The molecule has 1 saturated heterocycles. The Kier molecular flexibility index (Phi) is 3.45. The van der Waals surface area contributed by atoms with Crippen LogP contribution < -0.4 is 0 Å². The second kappa shape index (κ2) is 5.40. The van der Waals surface area contributed by atoms with Crippen LogP contribution in [0.3, 0.4) is 0 Å². The predicted molar refractivity (Wildman–Crippen MR) is 70.1 cm³/mol. The number of allylic oxidation sites excluding steroid dienone is 2. The van der Waals surface area contributed by atoms with Gasteiger partial charge >= 0.3 is 0 Å². The van der Waals surface area contributed by atoms with Gasteiger partial charge in [0, 0.05) is 18.8 Å². The number of nitrogens with zero attached hydrogens (tertiary/aromatic N) is 3. The van der Waals surface area contributed by atoms with E-state index >= 15 is 0 Å². The summed E-state index contributed by atoms with van der Waals surface area (Å²) in [4.78, 5) is 6.15. The third-order valence-corrected chi connectivity index (χ3v) is 3.63. The zero-order valence-electron chi connectivity index (χ0n) is 10.9. The summed E-state index contributed by atoms with van der Waals surface area (Å²) in [5, 5.41) is 3.26. The SMILES string of the molecule is N=NC1=CC=C(N2CCC[C@@H]2c2cncc(F)c2)CO1. The number of nitrogens with one attached hydrogen (secondary N) is 1. The summed E-state index contributed by atoms with van der Waals surface area (Å²) in [5.41, 5.74) is 8.83. The number of rotatable bonds is 3. The van der Waals surface area contributed by atoms with E-state index in [0.717, 1.165) is 30.6 Å². The molecule has 1 N–H and O–H groups in total. The van der Waals surface area contributed by atoms with Crippen molar-refractivity contribution in [1.29, 1.82) is 5.53 Å². The van der Waals surface area contributed by atoms with Gasteiger partial charge in [-0.05, 0) is 30.5 Å². The van der Waals surface area contributed by atoms with Crippen LogP contribution in [0, 0.1) is 11.3 Å². The molecular weight excluding hydrogens is 259 g/mol. The number of hydrogen-bond donors (Lipinski definition) is 1. The van der Waals surface area contributed by atoms with Crippen molar-refractivity contribution in [3.05, 3.63) is 53.6 Å². The lowest BCUT2D eigenvalue weighted by molar-refractivity contribution is 0.182. The number of halogens is 1. The van der Waals surface area contributed by atoms with Crippen LogP contribution in [0.15, 0.2) is 47.3 Å². The van der Waals surface area contributed by atoms with E-state index < -0.39 is 0 Å². The first kappa shape index (κ1) is 12.8. The van der Waals surface area contributed by atoms with Gasteiger partial charge < -0.3 is 9.64 Å². The fourth-order valence-electron chi connectivity index (χ4n) is 2.73. The first-order chi connectivity index (χ1) is 9.78. The molecule has 20 heavy (non-hydrogen) atoms. The summed E-state index contributed by atoms with van der Waals surface area (Å²) in [6.45, 7) is 1.31. The zero-order chi connectivity index (χ0) is 13.9. The highest BCUT2D eigenvalue weighted by atomic mass is 19.1. The summed E-state index contributed by atoms with van der Waals surface area (Å²) in [6, 6.07) is 1.68. The van der Waals surface area contributed by atoms with E-state index in [2.05, 4.69) is 15.0 Å². The molecule has 2 aliphatic heterocycles. The molecule has 0 radical (unpaired) electrons. The Morgan fingerprint density at radius 1 is 1.40 bits per heavy atom. The van der Waals surface area contributed by atoms with Crippen LogP contribution in [-0.2, 0) is 4.74 Å². The van der Waals surface area contributed by atoms with Crippen molar-refractivity contribution in [1.82, 2.24) is 9.88 Å². The molecule has 0 spiro atoms. The van der Waals surface area contributed by atoms with Gasteiger partial charge in [-0.15, -0.1) is 5.11 Å². The lowest BCUT2D eigenvalue weighted by atomic mass is 10.1. The lowest BCUT2D eigenvalue weighted by Crippen LogP contribution is -2.26. The van der Waals surface area contributed by atoms with Gasteiger partial charge in [-0.1, -0.05) is 0 Å². The molecule has 0 amide bonds. The first-order valence-corrected chi connectivity index (χ1v) is 6.56. The first-order valence-electron chi connectivity index (χ1n) is 6.56. The Morgan fingerprint density at radius 2 is 2.30 bits per heavy atom. The Bertz CT molecular complexity index is 584. The molecule has 3 rings (SSSR count). The van der Waals surface area contributed by atoms with Crippen molar-refractivity contribution in [3.63, 3.8) is 0 Å². The fraction of sp³-hybridized carbons (Fsp3) is 0.357. The summed E-state index contributed by atoms with van der Waals surface area (Å²) in [5.74, 6) is 0.00957. The molecule has 104 valence electrons. The zero-order valence-corrected chi connectivity index (χ0v) is 10.9. The lowest BCUT2D eigenvalue weighted by Gasteiger charge is -2.30. The maximum atomic E-state index is 13.3. The normalized spacial score (nSPS) is 22.1. The van der Waals surface area contributed by atoms with Gasteiger partial charge in [-0.25, -0.2) is 9.92 Å². The van der Waals surface area contributed by atoms with Crippen molar-refractivity contribution < 1.29 is 9.13 Å². The van der Waals surface area contributed by atoms with Gasteiger partial charge in [0.1, 0.15) is 12.4 Å². The van der Waals surface area contributed by atoms with Gasteiger partial charge in [-0.3, -0.25) is 4.98 Å². The Balaban J connectivity index is 1.85. The van der Waals surface area contributed by atoms with Crippen LogP contribution in [0.1, 0.15) is 24.4 Å². The minimum Gasteiger partial charge on any atom is -0.470 e. The van der Waals surface area contributed by atoms with E-state index in [4.69, 9.17) is 10.3 Å². The molecule has 6 heteroatoms. The van der Waals surface area contributed by atoms with Gasteiger partial charge in [-0.2, -0.15) is 0 Å². The van der Waals surface area contributed by atoms with Gasteiger partial charge in [0.15, 0.2) is 0 Å². The second-order valence-electron chi connectivity index (χ2n) is 4.85. The van der Waals surface area contributed by atoms with Crippen LogP contribution in [0.25, 0.3) is 0 Å². The minimum atomic E-state index is -0.307. The van der Waals surface area contributed by atoms with E-state index in [1.807, 2.05) is 6.08 Å². The van der Waals surface area contributed by atoms with Gasteiger partial charge in [0.25, 0.3) is 0 Å². The van der Waals surface area contributed by atoms with E-state index in [9.17, 15) is 4.39 Å². The van der Waals surface area contributed by atoms with Crippen LogP contribution >= 0.6 is 0 Å². The molecule has 1 aromatic rings. The highest BCUT2D eigenvalue weighted by Crippen LogP contribution is 2.35. The van der Waals surface area contributed by atoms with Crippen molar-refractivity contribution in [2.45, 2.75) is 18.9 Å². The summed E-state index contributed by atoms with van der Waals surface area (Å²) in [7, 11) is 0. The molecule has 0 bridgehead atoms. The smallest absolute Gasteiger partial charge is 0.233 e. The molecule has 0 saturated carbocycles. The molecule has 0 aromatic carbocycles. The number of pyridine rings is 1. The van der Waals surface area contributed by atoms with Crippen molar-refractivity contribution in [2.24, 2.45) is 5.11 Å². The van der Waals surface area contributed by atoms with E-state index in [0.29, 0.717) is 12.5 Å². The quantitative estimate of drug-likeness (QED) is 0.861. The van der Waals surface area contributed by atoms with Crippen LogP contribution in [0.2, 0.25) is 0 Å². The third kappa shape index (κ3) is 2.41. The summed E-state index contributed by atoms with van der Waals surface area (Å²) in [6.07, 6.45) is 8.57. The molecule has 0 aliphatic carbocycles. The highest BCUT2D eigenvalue weighted by Gasteiger charge is 2.29. The highest BCUT2D eigenvalue weighted by molar-refractivity contribution is 5.24. The van der Waals surface area contributed by atoms with Gasteiger partial charge in [0.2, 0.25) is 5.88 Å². The Morgan fingerprint density at radius 3 is 3.00 bits per heavy atom. The maximum Gasteiger partial charge on any atom is 0.233 e. The topological polar surface area (TPSA) is 61.6 Å². The second-order valence-corrected chi connectivity index (χ2v) is 4.85. The van der Waals surface area contributed by atoms with Crippen molar-refractivity contribution >= 4 is 0 Å². The van der Waals surface area contributed by atoms with Crippen molar-refractivity contribution in [2.75, 3.05) is 13.2 Å². The molecule has 3 heterocycles. The molecule has 1 atom stereocenters. The van der Waals surface area contributed by atoms with Crippen LogP contribution in [0.4, 0.5) is 4.39 Å². The Hall–Kier alpha value is -2.24. The minimum absolute atomic E-state index is 0.135. The summed E-state index contributed by atoms with van der Waals surface area (Å²) < 4.78 is 18.7. The Labute approximate surface area is 116 Å². The maximum absolute atomic E-state index is 13.3. The van der Waals surface area contributed by atoms with Crippen molar-refractivity contribution in [3.8, 4) is 0 Å². The molecule has 2 aliphatic rings. The predicted octanol–water partition coefficient (Wildman–Crippen LogP) is 3.14. The molecule has 5 nitrogen and oxygen atoms in total. The number of likely N-dealkylation sites (tertiary alicyclic amines) is 1. The third-order valence-electron chi connectivity index (χ3n) is 3.63. The number of aromatic nitrogens is 1. The average molecular weight is 274 g/mol. The molecule has 1 fully saturated rings.